The van der Waals surface area contributed by atoms with Crippen molar-refractivity contribution in [2.45, 2.75) is 64.7 Å². The minimum absolute atomic E-state index is 0.253. The van der Waals surface area contributed by atoms with Crippen molar-refractivity contribution in [2.75, 3.05) is 18.1 Å². The predicted molar refractivity (Wildman–Crippen MR) is 113 cm³/mol. The van der Waals surface area contributed by atoms with E-state index in [2.05, 4.69) is 37.3 Å². The van der Waals surface area contributed by atoms with E-state index in [0.717, 1.165) is 37.9 Å². The van der Waals surface area contributed by atoms with Gasteiger partial charge in [-0.2, -0.15) is 0 Å². The van der Waals surface area contributed by atoms with Crippen LogP contribution in [0.4, 0.5) is 10.6 Å². The highest BCUT2D eigenvalue weighted by molar-refractivity contribution is 5.91. The fourth-order valence-electron chi connectivity index (χ4n) is 4.51. The third kappa shape index (κ3) is 3.78. The first-order chi connectivity index (χ1) is 13.8. The van der Waals surface area contributed by atoms with Gasteiger partial charge in [-0.25, -0.2) is 9.78 Å². The summed E-state index contributed by atoms with van der Waals surface area (Å²) in [5, 5.41) is 0. The van der Waals surface area contributed by atoms with E-state index in [1.54, 1.807) is 4.90 Å². The zero-order valence-corrected chi connectivity index (χ0v) is 16.9. The Labute approximate surface area is 167 Å². The Bertz CT molecular complexity index is 832. The van der Waals surface area contributed by atoms with Crippen LogP contribution in [0.5, 0.6) is 0 Å². The lowest BCUT2D eigenvalue weighted by atomic mass is 9.91. The van der Waals surface area contributed by atoms with Gasteiger partial charge < -0.3 is 4.74 Å². The number of aryl methyl sites for hydroxylation is 1. The molecule has 2 aliphatic rings. The van der Waals surface area contributed by atoms with Gasteiger partial charge in [-0.3, -0.25) is 4.90 Å². The summed E-state index contributed by atoms with van der Waals surface area (Å²) in [7, 11) is 0. The highest BCUT2D eigenvalue weighted by Crippen LogP contribution is 2.40. The number of nitrogens with zero attached hydrogens (tertiary/aromatic N) is 2. The molecule has 1 amide bonds. The number of aromatic nitrogens is 1. The third-order valence-corrected chi connectivity index (χ3v) is 5.91. The van der Waals surface area contributed by atoms with Gasteiger partial charge in [-0.1, -0.05) is 62.9 Å². The van der Waals surface area contributed by atoms with Crippen molar-refractivity contribution in [1.29, 1.82) is 0 Å². The first-order valence-corrected chi connectivity index (χ1v) is 10.8. The van der Waals surface area contributed by atoms with E-state index >= 15 is 0 Å². The van der Waals surface area contributed by atoms with Gasteiger partial charge in [0, 0.05) is 11.3 Å². The molecule has 1 fully saturated rings. The molecule has 28 heavy (non-hydrogen) atoms. The molecular formula is C24H30N2O2. The Kier molecular flexibility index (Phi) is 5.94. The molecule has 0 atom stereocenters. The summed E-state index contributed by atoms with van der Waals surface area (Å²) in [6.45, 7) is 3.30. The van der Waals surface area contributed by atoms with Crippen molar-refractivity contribution in [3.8, 4) is 11.1 Å². The number of carbonyl (C=O) groups excluding carboxylic acids is 1. The Balaban J connectivity index is 1.77. The Morgan fingerprint density at radius 1 is 1.07 bits per heavy atom. The van der Waals surface area contributed by atoms with Gasteiger partial charge in [0.2, 0.25) is 0 Å². The number of unbranched alkanes of at least 4 members (excludes halogenated alkanes) is 4. The van der Waals surface area contributed by atoms with E-state index in [1.807, 2.05) is 0 Å². The van der Waals surface area contributed by atoms with E-state index in [0.29, 0.717) is 13.2 Å². The normalized spacial score (nSPS) is 15.8. The van der Waals surface area contributed by atoms with Gasteiger partial charge >= 0.3 is 6.09 Å². The molecule has 0 unspecified atom stereocenters. The van der Waals surface area contributed by atoms with Crippen LogP contribution in [-0.4, -0.2) is 24.2 Å². The molecule has 1 saturated heterocycles. The fraction of sp³-hybridized carbons (Fsp3) is 0.500. The third-order valence-electron chi connectivity index (χ3n) is 5.91. The second-order valence-corrected chi connectivity index (χ2v) is 7.86. The number of carbonyl (C=O) groups is 1. The molecule has 4 nitrogen and oxygen atoms in total. The summed E-state index contributed by atoms with van der Waals surface area (Å²) in [4.78, 5) is 19.1. The molecule has 0 spiro atoms. The standard InChI is InChI=1S/C24H30N2O2/c1-2-3-4-5-9-13-20-22(18-11-7-6-8-12-18)19-14-10-15-21(19)25-23(20)26-16-17-28-24(26)27/h6-8,11-12H,2-5,9-10,13-17H2,1H3. The van der Waals surface area contributed by atoms with Crippen LogP contribution in [0.3, 0.4) is 0 Å². The second-order valence-electron chi connectivity index (χ2n) is 7.86. The summed E-state index contributed by atoms with van der Waals surface area (Å²) in [6, 6.07) is 10.7. The van der Waals surface area contributed by atoms with Crippen LogP contribution in [0.2, 0.25) is 0 Å². The van der Waals surface area contributed by atoms with E-state index in [9.17, 15) is 4.79 Å². The van der Waals surface area contributed by atoms with Gasteiger partial charge in [0.25, 0.3) is 0 Å². The minimum Gasteiger partial charge on any atom is -0.447 e. The molecule has 4 rings (SSSR count). The maximum absolute atomic E-state index is 12.4. The van der Waals surface area contributed by atoms with Crippen molar-refractivity contribution >= 4 is 11.9 Å². The number of anilines is 1. The first kappa shape index (κ1) is 19.0. The zero-order chi connectivity index (χ0) is 19.3. The highest BCUT2D eigenvalue weighted by atomic mass is 16.6. The first-order valence-electron chi connectivity index (χ1n) is 10.8. The van der Waals surface area contributed by atoms with Crippen molar-refractivity contribution in [3.63, 3.8) is 0 Å². The van der Waals surface area contributed by atoms with Crippen molar-refractivity contribution in [2.24, 2.45) is 0 Å². The van der Waals surface area contributed by atoms with Crippen LogP contribution in [0.15, 0.2) is 30.3 Å². The van der Waals surface area contributed by atoms with Gasteiger partial charge in [-0.15, -0.1) is 0 Å². The van der Waals surface area contributed by atoms with Gasteiger partial charge in [0.15, 0.2) is 0 Å². The molecule has 1 aliphatic carbocycles. The fourth-order valence-corrected chi connectivity index (χ4v) is 4.51. The number of hydrogen-bond acceptors (Lipinski definition) is 3. The summed E-state index contributed by atoms with van der Waals surface area (Å²) in [6.07, 6.45) is 10.1. The van der Waals surface area contributed by atoms with Gasteiger partial charge in [-0.05, 0) is 48.8 Å². The molecule has 0 saturated carbocycles. The zero-order valence-electron chi connectivity index (χ0n) is 16.9. The lowest BCUT2D eigenvalue weighted by molar-refractivity contribution is 0.181. The number of cyclic esters (lactones) is 1. The SMILES string of the molecule is CCCCCCCc1c(N2CCOC2=O)nc2c(c1-c1ccccc1)CCC2. The van der Waals surface area contributed by atoms with Crippen LogP contribution < -0.4 is 4.90 Å². The molecule has 1 aliphatic heterocycles. The molecule has 148 valence electrons. The van der Waals surface area contributed by atoms with Crippen LogP contribution in [-0.2, 0) is 24.0 Å². The largest absolute Gasteiger partial charge is 0.447 e. The second kappa shape index (κ2) is 8.76. The number of hydrogen-bond donors (Lipinski definition) is 0. The average molecular weight is 379 g/mol. The number of fused-ring (bicyclic) bond motifs is 1. The number of pyridine rings is 1. The monoisotopic (exact) mass is 378 g/mol. The Hall–Kier alpha value is -2.36. The van der Waals surface area contributed by atoms with Crippen LogP contribution in [0.1, 0.15) is 62.3 Å². The number of benzene rings is 1. The average Bonchev–Trinajstić information content (AvgIpc) is 3.36. The molecule has 2 heterocycles. The summed E-state index contributed by atoms with van der Waals surface area (Å²) in [5.74, 6) is 0.845. The molecule has 4 heteroatoms. The predicted octanol–water partition coefficient (Wildman–Crippen LogP) is 5.71. The van der Waals surface area contributed by atoms with Gasteiger partial charge in [0.05, 0.1) is 6.54 Å². The van der Waals surface area contributed by atoms with E-state index < -0.39 is 0 Å². The quantitative estimate of drug-likeness (QED) is 0.553. The van der Waals surface area contributed by atoms with E-state index in [-0.39, 0.29) is 6.09 Å². The van der Waals surface area contributed by atoms with E-state index in [1.165, 1.54) is 53.6 Å². The lowest BCUT2D eigenvalue weighted by Gasteiger charge is -2.23. The molecule has 1 aromatic carbocycles. The van der Waals surface area contributed by atoms with Crippen LogP contribution in [0.25, 0.3) is 11.1 Å². The maximum atomic E-state index is 12.4. The highest BCUT2D eigenvalue weighted by Gasteiger charge is 2.31. The van der Waals surface area contributed by atoms with Crippen LogP contribution >= 0.6 is 0 Å². The molecule has 0 radical (unpaired) electrons. The molecule has 1 aromatic heterocycles. The molecule has 2 aromatic rings. The lowest BCUT2D eigenvalue weighted by Crippen LogP contribution is -2.26. The summed E-state index contributed by atoms with van der Waals surface area (Å²) >= 11 is 0. The molecule has 0 N–H and O–H groups in total. The maximum Gasteiger partial charge on any atom is 0.415 e. The van der Waals surface area contributed by atoms with Crippen molar-refractivity contribution < 1.29 is 9.53 Å². The Morgan fingerprint density at radius 3 is 2.64 bits per heavy atom. The number of ether oxygens (including phenoxy) is 1. The topological polar surface area (TPSA) is 42.4 Å². The summed E-state index contributed by atoms with van der Waals surface area (Å²) in [5.41, 5.74) is 6.38. The molecule has 0 bridgehead atoms. The number of amides is 1. The molecular weight excluding hydrogens is 348 g/mol. The van der Waals surface area contributed by atoms with E-state index in [4.69, 9.17) is 9.72 Å². The van der Waals surface area contributed by atoms with Crippen molar-refractivity contribution in [1.82, 2.24) is 4.98 Å². The Morgan fingerprint density at radius 2 is 1.89 bits per heavy atom. The smallest absolute Gasteiger partial charge is 0.415 e. The minimum atomic E-state index is -0.253. The summed E-state index contributed by atoms with van der Waals surface area (Å²) < 4.78 is 5.24. The van der Waals surface area contributed by atoms with Crippen molar-refractivity contribution in [3.05, 3.63) is 47.2 Å². The number of rotatable bonds is 8. The van der Waals surface area contributed by atoms with Gasteiger partial charge in [0.1, 0.15) is 12.4 Å². The van der Waals surface area contributed by atoms with Crippen LogP contribution in [0, 0.1) is 0 Å².